The summed E-state index contributed by atoms with van der Waals surface area (Å²) in [6.07, 6.45) is 2.32. The number of nitrogens with zero attached hydrogens (tertiary/aromatic N) is 4. The van der Waals surface area contributed by atoms with Gasteiger partial charge in [0.05, 0.1) is 25.3 Å². The van der Waals surface area contributed by atoms with Crippen LogP contribution in [0.5, 0.6) is 0 Å². The number of ether oxygens (including phenoxy) is 2. The summed E-state index contributed by atoms with van der Waals surface area (Å²) in [6, 6.07) is 13.1. The number of rotatable bonds is 10. The highest BCUT2D eigenvalue weighted by atomic mass is 16.6. The number of carbonyl (C=O) groups is 3. The van der Waals surface area contributed by atoms with E-state index in [4.69, 9.17) is 9.47 Å². The van der Waals surface area contributed by atoms with E-state index in [1.165, 1.54) is 12.0 Å². The number of nitrogens with one attached hydrogen (secondary N) is 1. The molecular formula is C32H45N5O6. The molecule has 1 aliphatic carbocycles. The van der Waals surface area contributed by atoms with E-state index in [1.54, 1.807) is 29.4 Å². The Morgan fingerprint density at radius 3 is 2.35 bits per heavy atom. The van der Waals surface area contributed by atoms with Crippen LogP contribution in [0.4, 0.5) is 15.4 Å². The van der Waals surface area contributed by atoms with Gasteiger partial charge >= 0.3 is 12.2 Å². The molecule has 11 heteroatoms. The minimum absolute atomic E-state index is 0.0199. The van der Waals surface area contributed by atoms with E-state index in [2.05, 4.69) is 10.3 Å². The maximum Gasteiger partial charge on any atom is 0.425 e. The van der Waals surface area contributed by atoms with Crippen molar-refractivity contribution in [3.8, 4) is 0 Å². The third-order valence-electron chi connectivity index (χ3n) is 7.91. The molecule has 2 fully saturated rings. The van der Waals surface area contributed by atoms with Crippen molar-refractivity contribution in [3.05, 3.63) is 60.3 Å². The Bertz CT molecular complexity index is 1240. The highest BCUT2D eigenvalue weighted by Crippen LogP contribution is 2.38. The lowest BCUT2D eigenvalue weighted by Crippen LogP contribution is -2.60. The molecule has 4 rings (SSSR count). The highest BCUT2D eigenvalue weighted by Gasteiger charge is 2.49. The first kappa shape index (κ1) is 32.2. The summed E-state index contributed by atoms with van der Waals surface area (Å²) in [6.45, 7) is 9.30. The highest BCUT2D eigenvalue weighted by molar-refractivity contribution is 5.97. The maximum atomic E-state index is 14.0. The van der Waals surface area contributed by atoms with Crippen molar-refractivity contribution in [2.45, 2.75) is 96.2 Å². The van der Waals surface area contributed by atoms with Gasteiger partial charge in [-0.2, -0.15) is 0 Å². The van der Waals surface area contributed by atoms with Crippen LogP contribution >= 0.6 is 0 Å². The lowest BCUT2D eigenvalue weighted by molar-refractivity contribution is -0.126. The van der Waals surface area contributed by atoms with Crippen molar-refractivity contribution in [2.24, 2.45) is 5.92 Å². The van der Waals surface area contributed by atoms with Crippen molar-refractivity contribution >= 4 is 23.9 Å². The molecule has 1 saturated heterocycles. The van der Waals surface area contributed by atoms with Gasteiger partial charge in [-0.3, -0.25) is 4.79 Å². The van der Waals surface area contributed by atoms with Crippen LogP contribution in [-0.4, -0.2) is 87.7 Å². The minimum atomic E-state index is -1.04. The van der Waals surface area contributed by atoms with Gasteiger partial charge in [0.2, 0.25) is 5.91 Å². The van der Waals surface area contributed by atoms with Crippen molar-refractivity contribution in [1.29, 1.82) is 0 Å². The molecule has 2 aromatic rings. The number of amides is 3. The van der Waals surface area contributed by atoms with Gasteiger partial charge in [0, 0.05) is 18.8 Å². The van der Waals surface area contributed by atoms with Gasteiger partial charge in [-0.1, -0.05) is 50.2 Å². The van der Waals surface area contributed by atoms with Crippen LogP contribution in [0.2, 0.25) is 0 Å². The number of aliphatic hydroxyl groups is 1. The first-order valence-electron chi connectivity index (χ1n) is 15.0. The smallest absolute Gasteiger partial charge is 0.425 e. The fourth-order valence-corrected chi connectivity index (χ4v) is 6.01. The third kappa shape index (κ3) is 7.83. The molecule has 3 unspecified atom stereocenters. The quantitative estimate of drug-likeness (QED) is 0.420. The predicted octanol–water partition coefficient (Wildman–Crippen LogP) is 4.16. The molecule has 5 atom stereocenters. The lowest BCUT2D eigenvalue weighted by atomic mass is 9.97. The predicted molar refractivity (Wildman–Crippen MR) is 162 cm³/mol. The Kier molecular flexibility index (Phi) is 10.3. The number of β-amino-alcohol motifs (C(OH)–C–C–N with tert-alkyl or cyclic N) is 1. The van der Waals surface area contributed by atoms with E-state index < -0.39 is 41.9 Å². The number of anilines is 1. The Morgan fingerprint density at radius 1 is 1.07 bits per heavy atom. The third-order valence-corrected chi connectivity index (χ3v) is 7.91. The van der Waals surface area contributed by atoms with Crippen LogP contribution in [0.3, 0.4) is 0 Å². The van der Waals surface area contributed by atoms with Crippen molar-refractivity contribution in [1.82, 2.24) is 20.3 Å². The average molecular weight is 596 g/mol. The van der Waals surface area contributed by atoms with Gasteiger partial charge in [-0.25, -0.2) is 29.5 Å². The molecule has 11 nitrogen and oxygen atoms in total. The second-order valence-corrected chi connectivity index (χ2v) is 12.7. The normalized spacial score (nSPS) is 20.4. The molecule has 2 N–H and O–H groups in total. The number of aliphatic hydroxyl groups excluding tert-OH is 1. The van der Waals surface area contributed by atoms with Gasteiger partial charge in [-0.05, 0) is 70.1 Å². The Balaban J connectivity index is 1.60. The summed E-state index contributed by atoms with van der Waals surface area (Å²) < 4.78 is 10.7. The van der Waals surface area contributed by atoms with Crippen LogP contribution in [0.1, 0.15) is 59.4 Å². The van der Waals surface area contributed by atoms with Crippen molar-refractivity contribution in [3.63, 3.8) is 0 Å². The van der Waals surface area contributed by atoms with E-state index in [0.717, 1.165) is 24.8 Å². The standard InChI is InChI=1S/C32H45N5O6/c1-21(2)28(36(30(40)42-6)27-14-10-11-17-33-27)29(39)34-25(18-22-12-8-7-9-13-22)26(38)20-35-23-15-16-24(19-23)37(35)31(41)43-32(3,4)5/h7-14,17,21,23-26,28,38H,15-16,18-20H2,1-6H3,(H,34,39)/t23?,24?,25-,26?,28-/m0/s1. The van der Waals surface area contributed by atoms with Gasteiger partial charge in [0.1, 0.15) is 17.5 Å². The first-order chi connectivity index (χ1) is 20.4. The van der Waals surface area contributed by atoms with Crippen molar-refractivity contribution in [2.75, 3.05) is 18.6 Å². The van der Waals surface area contributed by atoms with Crippen molar-refractivity contribution < 1.29 is 29.0 Å². The summed E-state index contributed by atoms with van der Waals surface area (Å²) in [5.41, 5.74) is 0.271. The van der Waals surface area contributed by atoms with E-state index in [9.17, 15) is 19.5 Å². The fraction of sp³-hybridized carbons (Fsp3) is 0.562. The minimum Gasteiger partial charge on any atom is -0.452 e. The molecule has 3 amide bonds. The molecule has 2 bridgehead atoms. The second-order valence-electron chi connectivity index (χ2n) is 12.7. The number of aromatic nitrogens is 1. The second kappa shape index (κ2) is 13.7. The molecule has 1 saturated carbocycles. The van der Waals surface area contributed by atoms with Gasteiger partial charge < -0.3 is 19.9 Å². The number of fused-ring (bicyclic) bond motifs is 2. The van der Waals surface area contributed by atoms with Gasteiger partial charge in [0.25, 0.3) is 0 Å². The summed E-state index contributed by atoms with van der Waals surface area (Å²) in [5.74, 6) is -0.477. The number of pyridine rings is 1. The maximum absolute atomic E-state index is 14.0. The van der Waals surface area contributed by atoms with Gasteiger partial charge in [0.15, 0.2) is 0 Å². The first-order valence-corrected chi connectivity index (χ1v) is 15.0. The zero-order chi connectivity index (χ0) is 31.3. The Hall–Kier alpha value is -3.70. The molecule has 0 radical (unpaired) electrons. The fourth-order valence-electron chi connectivity index (χ4n) is 6.01. The molecule has 43 heavy (non-hydrogen) atoms. The number of hydrazine groups is 1. The summed E-state index contributed by atoms with van der Waals surface area (Å²) in [5, 5.41) is 18.3. The zero-order valence-electron chi connectivity index (χ0n) is 26.0. The number of benzene rings is 1. The molecule has 1 aromatic heterocycles. The van der Waals surface area contributed by atoms with Crippen LogP contribution in [0.25, 0.3) is 0 Å². The summed E-state index contributed by atoms with van der Waals surface area (Å²) in [4.78, 5) is 45.7. The molecule has 1 aliphatic heterocycles. The van der Waals surface area contributed by atoms with E-state index in [0.29, 0.717) is 6.42 Å². The lowest BCUT2D eigenvalue weighted by Gasteiger charge is -2.41. The summed E-state index contributed by atoms with van der Waals surface area (Å²) >= 11 is 0. The number of hydrogen-bond donors (Lipinski definition) is 2. The topological polar surface area (TPSA) is 125 Å². The van der Waals surface area contributed by atoms with Gasteiger partial charge in [-0.15, -0.1) is 0 Å². The average Bonchev–Trinajstić information content (AvgIpc) is 3.57. The zero-order valence-corrected chi connectivity index (χ0v) is 26.0. The van der Waals surface area contributed by atoms with Crippen LogP contribution in [0.15, 0.2) is 54.7 Å². The van der Waals surface area contributed by atoms with E-state index in [1.807, 2.05) is 70.0 Å². The molecule has 1 aromatic carbocycles. The molecular weight excluding hydrogens is 550 g/mol. The SMILES string of the molecule is COC(=O)N(c1ccccn1)[C@H](C(=O)N[C@@H](Cc1ccccc1)C(O)CN1C2CCC(C2)N1C(=O)OC(C)(C)C)C(C)C. The molecule has 2 heterocycles. The molecule has 234 valence electrons. The Labute approximate surface area is 254 Å². The number of methoxy groups -OCH3 is 1. The van der Waals surface area contributed by atoms with Crippen LogP contribution in [-0.2, 0) is 20.7 Å². The number of carbonyl (C=O) groups excluding carboxylic acids is 3. The van der Waals surface area contributed by atoms with Crippen LogP contribution < -0.4 is 10.2 Å². The summed E-state index contributed by atoms with van der Waals surface area (Å²) in [7, 11) is 1.26. The van der Waals surface area contributed by atoms with Crippen LogP contribution in [0, 0.1) is 5.92 Å². The Morgan fingerprint density at radius 2 is 1.74 bits per heavy atom. The number of hydrogen-bond acceptors (Lipinski definition) is 8. The van der Waals surface area contributed by atoms with E-state index in [-0.39, 0.29) is 30.4 Å². The molecule has 2 aliphatic rings. The monoisotopic (exact) mass is 595 g/mol. The largest absolute Gasteiger partial charge is 0.452 e. The molecule has 0 spiro atoms. The van der Waals surface area contributed by atoms with E-state index >= 15 is 0 Å².